The van der Waals surface area contributed by atoms with Crippen LogP contribution in [0.4, 0.5) is 11.5 Å². The topological polar surface area (TPSA) is 55.0 Å². The second-order valence-corrected chi connectivity index (χ2v) is 4.96. The van der Waals surface area contributed by atoms with Crippen LogP contribution in [0.15, 0.2) is 30.6 Å². The monoisotopic (exact) mass is 254 g/mol. The number of aromatic nitrogens is 2. The first-order chi connectivity index (χ1) is 9.28. The zero-order valence-corrected chi connectivity index (χ0v) is 11.1. The average Bonchev–Trinajstić information content (AvgIpc) is 2.46. The first-order valence-electron chi connectivity index (χ1n) is 6.66. The van der Waals surface area contributed by atoms with Crippen LogP contribution in [0.2, 0.25) is 0 Å². The van der Waals surface area contributed by atoms with Gasteiger partial charge in [0, 0.05) is 25.0 Å². The van der Waals surface area contributed by atoms with Crippen molar-refractivity contribution in [3.63, 3.8) is 0 Å². The van der Waals surface area contributed by atoms with E-state index in [9.17, 15) is 0 Å². The highest BCUT2D eigenvalue weighted by Crippen LogP contribution is 2.32. The van der Waals surface area contributed by atoms with Gasteiger partial charge in [0.15, 0.2) is 5.82 Å². The molecule has 0 saturated carbocycles. The summed E-state index contributed by atoms with van der Waals surface area (Å²) in [6.45, 7) is 3.54. The lowest BCUT2D eigenvalue weighted by Crippen LogP contribution is -2.26. The Labute approximate surface area is 113 Å². The molecule has 1 aliphatic heterocycles. The molecule has 0 aliphatic carbocycles. The first-order valence-corrected chi connectivity index (χ1v) is 6.66. The van der Waals surface area contributed by atoms with Crippen LogP contribution in [-0.4, -0.2) is 16.5 Å². The molecule has 3 rings (SSSR count). The second-order valence-electron chi connectivity index (χ2n) is 4.96. The molecule has 0 fully saturated rings. The van der Waals surface area contributed by atoms with Gasteiger partial charge < -0.3 is 10.6 Å². The molecule has 1 aromatic carbocycles. The third-order valence-corrected chi connectivity index (χ3v) is 3.51. The van der Waals surface area contributed by atoms with Crippen molar-refractivity contribution in [1.82, 2.24) is 9.97 Å². The van der Waals surface area contributed by atoms with E-state index in [1.54, 1.807) is 6.20 Å². The summed E-state index contributed by atoms with van der Waals surface area (Å²) in [6, 6.07) is 6.60. The molecular weight excluding hydrogens is 236 g/mol. The molecule has 19 heavy (non-hydrogen) atoms. The molecule has 4 heteroatoms. The summed E-state index contributed by atoms with van der Waals surface area (Å²) >= 11 is 0. The third-order valence-electron chi connectivity index (χ3n) is 3.51. The molecule has 4 nitrogen and oxygen atoms in total. The average molecular weight is 254 g/mol. The molecule has 1 aromatic heterocycles. The molecule has 98 valence electrons. The number of aryl methyl sites for hydroxylation is 2. The normalized spacial score (nSPS) is 14.3. The van der Waals surface area contributed by atoms with Gasteiger partial charge in [0.05, 0.1) is 11.9 Å². The van der Waals surface area contributed by atoms with Gasteiger partial charge in [-0.2, -0.15) is 0 Å². The van der Waals surface area contributed by atoms with Crippen molar-refractivity contribution in [2.75, 3.05) is 11.4 Å². The molecule has 1 aliphatic rings. The molecule has 2 N–H and O–H groups in total. The Morgan fingerprint density at radius 2 is 2.21 bits per heavy atom. The predicted octanol–water partition coefficient (Wildman–Crippen LogP) is 2.33. The maximum absolute atomic E-state index is 5.64. The van der Waals surface area contributed by atoms with E-state index in [4.69, 9.17) is 5.73 Å². The van der Waals surface area contributed by atoms with Gasteiger partial charge in [0.2, 0.25) is 0 Å². The summed E-state index contributed by atoms with van der Waals surface area (Å²) in [5.74, 6) is 0.896. The maximum atomic E-state index is 5.64. The predicted molar refractivity (Wildman–Crippen MR) is 76.4 cm³/mol. The van der Waals surface area contributed by atoms with Crippen molar-refractivity contribution in [1.29, 1.82) is 0 Å². The van der Waals surface area contributed by atoms with Crippen molar-refractivity contribution in [3.8, 4) is 0 Å². The second kappa shape index (κ2) is 4.97. The number of nitrogens with two attached hydrogens (primary N) is 1. The molecule has 0 bridgehead atoms. The number of nitrogens with zero attached hydrogens (tertiary/aromatic N) is 3. The minimum atomic E-state index is 0.426. The van der Waals surface area contributed by atoms with Crippen molar-refractivity contribution < 1.29 is 0 Å². The number of hydrogen-bond donors (Lipinski definition) is 1. The largest absolute Gasteiger partial charge is 0.325 e. The lowest BCUT2D eigenvalue weighted by atomic mass is 10.00. The van der Waals surface area contributed by atoms with E-state index < -0.39 is 0 Å². The Balaban J connectivity index is 2.03. The standard InChI is InChI=1S/C15H18N4/c1-11-4-5-14-12(7-11)3-2-6-19(14)15-10-17-9-13(8-16)18-15/h4-5,7,9-10H,2-3,6,8,16H2,1H3. The third kappa shape index (κ3) is 2.31. The Hall–Kier alpha value is -1.94. The van der Waals surface area contributed by atoms with Crippen molar-refractivity contribution >= 4 is 11.5 Å². The minimum Gasteiger partial charge on any atom is -0.325 e. The van der Waals surface area contributed by atoms with Crippen LogP contribution in [0.3, 0.4) is 0 Å². The highest BCUT2D eigenvalue weighted by atomic mass is 15.2. The number of rotatable bonds is 2. The lowest BCUT2D eigenvalue weighted by Gasteiger charge is -2.30. The van der Waals surface area contributed by atoms with E-state index in [2.05, 4.69) is 40.0 Å². The molecule has 2 aromatic rings. The molecule has 0 spiro atoms. The zero-order chi connectivity index (χ0) is 13.2. The molecule has 0 amide bonds. The van der Waals surface area contributed by atoms with Crippen LogP contribution < -0.4 is 10.6 Å². The fourth-order valence-corrected chi connectivity index (χ4v) is 2.59. The van der Waals surface area contributed by atoms with Crippen LogP contribution in [0.1, 0.15) is 23.2 Å². The van der Waals surface area contributed by atoms with Crippen molar-refractivity contribution in [2.45, 2.75) is 26.3 Å². The van der Waals surface area contributed by atoms with Gasteiger partial charge in [0.25, 0.3) is 0 Å². The summed E-state index contributed by atoms with van der Waals surface area (Å²) in [7, 11) is 0. The van der Waals surface area contributed by atoms with Gasteiger partial charge in [-0.25, -0.2) is 4.98 Å². The van der Waals surface area contributed by atoms with Gasteiger partial charge in [-0.3, -0.25) is 4.98 Å². The van der Waals surface area contributed by atoms with E-state index >= 15 is 0 Å². The molecule has 0 radical (unpaired) electrons. The van der Waals surface area contributed by atoms with E-state index in [1.807, 2.05) is 6.20 Å². The Morgan fingerprint density at radius 3 is 3.05 bits per heavy atom. The molecule has 0 unspecified atom stereocenters. The summed E-state index contributed by atoms with van der Waals surface area (Å²) < 4.78 is 0. The SMILES string of the molecule is Cc1ccc2c(c1)CCCN2c1cncc(CN)n1. The number of anilines is 2. The highest BCUT2D eigenvalue weighted by molar-refractivity contribution is 5.65. The number of fused-ring (bicyclic) bond motifs is 1. The highest BCUT2D eigenvalue weighted by Gasteiger charge is 2.19. The van der Waals surface area contributed by atoms with Gasteiger partial charge in [-0.05, 0) is 31.4 Å². The van der Waals surface area contributed by atoms with E-state index in [1.165, 1.54) is 16.8 Å². The lowest BCUT2D eigenvalue weighted by molar-refractivity contribution is 0.753. The number of hydrogen-bond acceptors (Lipinski definition) is 4. The Kier molecular flexibility index (Phi) is 3.17. The Bertz CT molecular complexity index is 594. The van der Waals surface area contributed by atoms with Crippen molar-refractivity contribution in [3.05, 3.63) is 47.4 Å². The smallest absolute Gasteiger partial charge is 0.151 e. The van der Waals surface area contributed by atoms with Gasteiger partial charge in [0.1, 0.15) is 0 Å². The van der Waals surface area contributed by atoms with Crippen LogP contribution in [0.5, 0.6) is 0 Å². The molecule has 2 heterocycles. The fourth-order valence-electron chi connectivity index (χ4n) is 2.59. The van der Waals surface area contributed by atoms with E-state index in [-0.39, 0.29) is 0 Å². The molecule has 0 saturated heterocycles. The van der Waals surface area contributed by atoms with Crippen LogP contribution >= 0.6 is 0 Å². The van der Waals surface area contributed by atoms with Crippen molar-refractivity contribution in [2.24, 2.45) is 5.73 Å². The van der Waals surface area contributed by atoms with Crippen LogP contribution in [0.25, 0.3) is 0 Å². The summed E-state index contributed by atoms with van der Waals surface area (Å²) in [6.07, 6.45) is 5.82. The number of benzene rings is 1. The minimum absolute atomic E-state index is 0.426. The fraction of sp³-hybridized carbons (Fsp3) is 0.333. The maximum Gasteiger partial charge on any atom is 0.151 e. The molecular formula is C15H18N4. The van der Waals surface area contributed by atoms with Crippen LogP contribution in [-0.2, 0) is 13.0 Å². The van der Waals surface area contributed by atoms with E-state index in [0.717, 1.165) is 30.9 Å². The zero-order valence-electron chi connectivity index (χ0n) is 11.1. The molecule has 0 atom stereocenters. The Morgan fingerprint density at radius 1 is 1.32 bits per heavy atom. The van der Waals surface area contributed by atoms with Gasteiger partial charge in [-0.1, -0.05) is 17.7 Å². The summed E-state index contributed by atoms with van der Waals surface area (Å²) in [5.41, 5.74) is 10.4. The summed E-state index contributed by atoms with van der Waals surface area (Å²) in [4.78, 5) is 11.1. The van der Waals surface area contributed by atoms with Crippen LogP contribution in [0, 0.1) is 6.92 Å². The van der Waals surface area contributed by atoms with Gasteiger partial charge >= 0.3 is 0 Å². The van der Waals surface area contributed by atoms with Gasteiger partial charge in [-0.15, -0.1) is 0 Å². The summed E-state index contributed by atoms with van der Waals surface area (Å²) in [5, 5.41) is 0. The van der Waals surface area contributed by atoms with E-state index in [0.29, 0.717) is 6.54 Å². The first kappa shape index (κ1) is 12.1. The quantitative estimate of drug-likeness (QED) is 0.893.